The smallest absolute Gasteiger partial charge is 0.343 e. The van der Waals surface area contributed by atoms with Gasteiger partial charge in [0.25, 0.3) is 6.43 Å². The summed E-state index contributed by atoms with van der Waals surface area (Å²) in [5.41, 5.74) is 0.778. The van der Waals surface area contributed by atoms with Crippen LogP contribution in [0.2, 0.25) is 0 Å². The van der Waals surface area contributed by atoms with Crippen molar-refractivity contribution < 1.29 is 23.0 Å². The Hall–Kier alpha value is -3.07. The van der Waals surface area contributed by atoms with Crippen LogP contribution in [-0.2, 0) is 4.74 Å². The number of esters is 1. The van der Waals surface area contributed by atoms with Crippen LogP contribution in [0.3, 0.4) is 0 Å². The molecule has 9 heteroatoms. The Balaban J connectivity index is 1.41. The average molecular weight is 471 g/mol. The summed E-state index contributed by atoms with van der Waals surface area (Å²) in [5.74, 6) is 0.355. The molecule has 34 heavy (non-hydrogen) atoms. The van der Waals surface area contributed by atoms with Gasteiger partial charge in [-0.3, -0.25) is 4.90 Å². The number of methoxy groups -OCH3 is 1. The Bertz CT molecular complexity index is 1160. The van der Waals surface area contributed by atoms with Crippen LogP contribution in [0.25, 0.3) is 16.9 Å². The Morgan fingerprint density at radius 2 is 1.94 bits per heavy atom. The second-order valence-corrected chi connectivity index (χ2v) is 8.99. The lowest BCUT2D eigenvalue weighted by Gasteiger charge is -2.44. The molecule has 2 unspecified atom stereocenters. The lowest BCUT2D eigenvalue weighted by molar-refractivity contribution is 0.00749. The molecule has 3 aromatic rings. The fraction of sp³-hybridized carbons (Fsp3) is 0.480. The van der Waals surface area contributed by atoms with Crippen LogP contribution in [-0.4, -0.2) is 58.3 Å². The molecule has 2 fully saturated rings. The summed E-state index contributed by atoms with van der Waals surface area (Å²) in [6, 6.07) is 8.67. The molecule has 2 aliphatic heterocycles. The summed E-state index contributed by atoms with van der Waals surface area (Å²) in [5, 5.41) is 4.03. The molecule has 0 N–H and O–H groups in total. The van der Waals surface area contributed by atoms with Crippen molar-refractivity contribution in [1.29, 1.82) is 0 Å². The Labute approximate surface area is 196 Å². The van der Waals surface area contributed by atoms with E-state index in [1.54, 1.807) is 31.4 Å². The van der Waals surface area contributed by atoms with Crippen molar-refractivity contribution in [3.8, 4) is 17.0 Å². The minimum Gasteiger partial charge on any atom is -0.497 e. The number of ether oxygens (including phenoxy) is 2. The minimum atomic E-state index is -2.79. The summed E-state index contributed by atoms with van der Waals surface area (Å²) in [4.78, 5) is 20.0. The van der Waals surface area contributed by atoms with Gasteiger partial charge in [0.05, 0.1) is 25.6 Å². The van der Waals surface area contributed by atoms with Crippen molar-refractivity contribution in [2.24, 2.45) is 5.92 Å². The highest BCUT2D eigenvalue weighted by Gasteiger charge is 2.34. The molecule has 0 bridgehead atoms. The zero-order chi connectivity index (χ0) is 23.7. The highest BCUT2D eigenvalue weighted by atomic mass is 19.3. The molecule has 1 aromatic carbocycles. The molecule has 4 heterocycles. The highest BCUT2D eigenvalue weighted by Crippen LogP contribution is 2.32. The van der Waals surface area contributed by atoms with Gasteiger partial charge in [-0.2, -0.15) is 5.10 Å². The SMILES string of the molecule is COc1ccc(-c2cc(C(F)F)n3ncc(C(=O)OCC4CCCN5CCCCC45)c3n2)cc1. The molecule has 0 amide bonds. The summed E-state index contributed by atoms with van der Waals surface area (Å²) >= 11 is 0. The molecule has 2 atom stereocenters. The number of nitrogens with zero attached hydrogens (tertiary/aromatic N) is 4. The van der Waals surface area contributed by atoms with Crippen molar-refractivity contribution in [2.45, 2.75) is 44.6 Å². The number of fused-ring (bicyclic) bond motifs is 2. The third-order valence-electron chi connectivity index (χ3n) is 6.99. The first-order chi connectivity index (χ1) is 16.5. The van der Waals surface area contributed by atoms with Crippen LogP contribution in [0.5, 0.6) is 5.75 Å². The number of halogens is 2. The maximum Gasteiger partial charge on any atom is 0.343 e. The van der Waals surface area contributed by atoms with Gasteiger partial charge in [0.2, 0.25) is 0 Å². The quantitative estimate of drug-likeness (QED) is 0.484. The summed E-state index contributed by atoms with van der Waals surface area (Å²) < 4.78 is 39.6. The fourth-order valence-corrected chi connectivity index (χ4v) is 5.23. The minimum absolute atomic E-state index is 0.0663. The Kier molecular flexibility index (Phi) is 6.45. The maximum absolute atomic E-state index is 13.8. The first-order valence-corrected chi connectivity index (χ1v) is 11.8. The first-order valence-electron chi connectivity index (χ1n) is 11.8. The molecule has 2 aromatic heterocycles. The predicted octanol–water partition coefficient (Wildman–Crippen LogP) is 4.76. The van der Waals surface area contributed by atoms with Gasteiger partial charge in [0.15, 0.2) is 5.65 Å². The largest absolute Gasteiger partial charge is 0.497 e. The van der Waals surface area contributed by atoms with Crippen molar-refractivity contribution in [1.82, 2.24) is 19.5 Å². The van der Waals surface area contributed by atoms with Crippen molar-refractivity contribution in [3.05, 3.63) is 47.8 Å². The molecule has 180 valence electrons. The number of carbonyl (C=O) groups is 1. The molecule has 2 saturated heterocycles. The van der Waals surface area contributed by atoms with Crippen LogP contribution in [0, 0.1) is 5.92 Å². The summed E-state index contributed by atoms with van der Waals surface area (Å²) in [6.45, 7) is 2.53. The standard InChI is InChI=1S/C25H28F2N4O3/c1-33-18-9-7-16(8-10-18)20-13-22(23(26)27)31-24(29-20)19(14-28-31)25(32)34-15-17-5-4-12-30-11-3-2-6-21(17)30/h7-10,13-14,17,21,23H,2-6,11-12,15H2,1H3. The number of piperidine rings is 2. The molecule has 0 saturated carbocycles. The predicted molar refractivity (Wildman–Crippen MR) is 122 cm³/mol. The van der Waals surface area contributed by atoms with Crippen LogP contribution in [0.4, 0.5) is 8.78 Å². The molecule has 7 nitrogen and oxygen atoms in total. The second kappa shape index (κ2) is 9.66. The van der Waals surface area contributed by atoms with E-state index in [4.69, 9.17) is 9.47 Å². The van der Waals surface area contributed by atoms with Crippen LogP contribution >= 0.6 is 0 Å². The van der Waals surface area contributed by atoms with E-state index in [9.17, 15) is 13.6 Å². The average Bonchev–Trinajstić information content (AvgIpc) is 3.30. The Morgan fingerprint density at radius 1 is 1.15 bits per heavy atom. The number of hydrogen-bond acceptors (Lipinski definition) is 6. The van der Waals surface area contributed by atoms with E-state index < -0.39 is 12.4 Å². The molecule has 2 aliphatic rings. The van der Waals surface area contributed by atoms with Gasteiger partial charge in [-0.1, -0.05) is 6.42 Å². The number of benzene rings is 1. The van der Waals surface area contributed by atoms with Crippen molar-refractivity contribution in [3.63, 3.8) is 0 Å². The van der Waals surface area contributed by atoms with Crippen LogP contribution in [0.1, 0.15) is 54.6 Å². The molecular formula is C25H28F2N4O3. The van der Waals surface area contributed by atoms with E-state index in [0.717, 1.165) is 36.9 Å². The van der Waals surface area contributed by atoms with E-state index in [-0.39, 0.29) is 16.9 Å². The van der Waals surface area contributed by atoms with E-state index in [1.165, 1.54) is 25.1 Å². The number of carbonyl (C=O) groups excluding carboxylic acids is 1. The van der Waals surface area contributed by atoms with Crippen LogP contribution in [0.15, 0.2) is 36.5 Å². The normalized spacial score (nSPS) is 20.9. The lowest BCUT2D eigenvalue weighted by Crippen LogP contribution is -2.49. The van der Waals surface area contributed by atoms with Crippen molar-refractivity contribution >= 4 is 11.6 Å². The zero-order valence-corrected chi connectivity index (χ0v) is 19.1. The number of alkyl halides is 2. The third kappa shape index (κ3) is 4.36. The van der Waals surface area contributed by atoms with Crippen molar-refractivity contribution in [2.75, 3.05) is 26.8 Å². The number of hydrogen-bond donors (Lipinski definition) is 0. The van der Waals surface area contributed by atoms with E-state index in [0.29, 0.717) is 35.6 Å². The molecule has 0 spiro atoms. The van der Waals surface area contributed by atoms with E-state index >= 15 is 0 Å². The third-order valence-corrected chi connectivity index (χ3v) is 6.99. The van der Waals surface area contributed by atoms with Gasteiger partial charge in [-0.25, -0.2) is 23.1 Å². The fourth-order valence-electron chi connectivity index (χ4n) is 5.23. The number of rotatable bonds is 6. The van der Waals surface area contributed by atoms with Gasteiger partial charge in [0.1, 0.15) is 17.0 Å². The molecule has 0 radical (unpaired) electrons. The van der Waals surface area contributed by atoms with Crippen LogP contribution < -0.4 is 4.74 Å². The first kappa shape index (κ1) is 22.7. The summed E-state index contributed by atoms with van der Waals surface area (Å²) in [6.07, 6.45) is 4.16. The maximum atomic E-state index is 13.8. The number of aromatic nitrogens is 3. The topological polar surface area (TPSA) is 69.0 Å². The van der Waals surface area contributed by atoms with Gasteiger partial charge in [-0.05, 0) is 69.1 Å². The second-order valence-electron chi connectivity index (χ2n) is 8.99. The monoisotopic (exact) mass is 470 g/mol. The Morgan fingerprint density at radius 3 is 2.71 bits per heavy atom. The lowest BCUT2D eigenvalue weighted by atomic mass is 9.84. The zero-order valence-electron chi connectivity index (χ0n) is 19.1. The van der Waals surface area contributed by atoms with Gasteiger partial charge < -0.3 is 9.47 Å². The molecule has 5 rings (SSSR count). The van der Waals surface area contributed by atoms with Gasteiger partial charge in [0, 0.05) is 17.5 Å². The van der Waals surface area contributed by atoms with E-state index in [2.05, 4.69) is 15.0 Å². The molecule has 0 aliphatic carbocycles. The van der Waals surface area contributed by atoms with Gasteiger partial charge >= 0.3 is 5.97 Å². The summed E-state index contributed by atoms with van der Waals surface area (Å²) in [7, 11) is 1.55. The van der Waals surface area contributed by atoms with E-state index in [1.807, 2.05) is 0 Å². The highest BCUT2D eigenvalue weighted by molar-refractivity contribution is 5.96. The van der Waals surface area contributed by atoms with Gasteiger partial charge in [-0.15, -0.1) is 0 Å². The molecular weight excluding hydrogens is 442 g/mol.